The molecule has 0 heterocycles. The van der Waals surface area contributed by atoms with Gasteiger partial charge in [0.05, 0.1) is 6.10 Å². The van der Waals surface area contributed by atoms with Crippen molar-refractivity contribution in [1.29, 1.82) is 0 Å². The minimum atomic E-state index is -0.101. The van der Waals surface area contributed by atoms with E-state index in [9.17, 15) is 9.90 Å². The summed E-state index contributed by atoms with van der Waals surface area (Å²) < 4.78 is 0. The van der Waals surface area contributed by atoms with Crippen LogP contribution in [-0.4, -0.2) is 23.7 Å². The molecule has 3 heteroatoms. The van der Waals surface area contributed by atoms with Gasteiger partial charge in [-0.1, -0.05) is 155 Å². The van der Waals surface area contributed by atoms with Crippen molar-refractivity contribution in [2.24, 2.45) is 52.1 Å². The molecular formula is C46H83NO2. The van der Waals surface area contributed by atoms with Gasteiger partial charge in [-0.3, -0.25) is 0 Å². The normalized spacial score (nSPS) is 31.7. The van der Waals surface area contributed by atoms with E-state index in [4.69, 9.17) is 5.73 Å². The van der Waals surface area contributed by atoms with Gasteiger partial charge in [-0.2, -0.15) is 0 Å². The van der Waals surface area contributed by atoms with E-state index in [1.165, 1.54) is 154 Å². The second-order valence-corrected chi connectivity index (χ2v) is 18.1. The van der Waals surface area contributed by atoms with Gasteiger partial charge in [-0.25, -0.2) is 4.79 Å². The molecular weight excluding hydrogens is 599 g/mol. The van der Waals surface area contributed by atoms with Crippen LogP contribution in [0.15, 0.2) is 17.7 Å². The predicted molar refractivity (Wildman–Crippen MR) is 212 cm³/mol. The van der Waals surface area contributed by atoms with Gasteiger partial charge in [0.15, 0.2) is 0 Å². The Morgan fingerprint density at radius 2 is 1.39 bits per heavy atom. The van der Waals surface area contributed by atoms with Crippen molar-refractivity contribution in [3.05, 3.63) is 17.7 Å². The Morgan fingerprint density at radius 1 is 0.796 bits per heavy atom. The van der Waals surface area contributed by atoms with E-state index in [0.717, 1.165) is 55.4 Å². The summed E-state index contributed by atoms with van der Waals surface area (Å²) in [4.78, 5) is 10.6. The van der Waals surface area contributed by atoms with Gasteiger partial charge >= 0.3 is 0 Å². The molecule has 2 unspecified atom stereocenters. The van der Waals surface area contributed by atoms with Crippen LogP contribution in [0.25, 0.3) is 0 Å². The van der Waals surface area contributed by atoms with Crippen LogP contribution in [0.4, 0.5) is 0 Å². The third-order valence-electron chi connectivity index (χ3n) is 14.6. The average molecular weight is 682 g/mol. The highest BCUT2D eigenvalue weighted by molar-refractivity contribution is 5.45. The van der Waals surface area contributed by atoms with Crippen LogP contribution < -0.4 is 5.73 Å². The summed E-state index contributed by atoms with van der Waals surface area (Å²) in [5.41, 5.74) is 7.95. The molecule has 284 valence electrons. The SMILES string of the molecule is CC(C=C=O)CCCC(C)[C@H]1CC[C@H]2[C@@H]3CC=C4C[C@@H](O)CC[C@]4(C)[C@H]3CC[C@]12C.CCCCCCCCCCCCCCCCCCN. The van der Waals surface area contributed by atoms with Crippen LogP contribution in [0, 0.1) is 46.3 Å². The van der Waals surface area contributed by atoms with Crippen LogP contribution in [0.2, 0.25) is 0 Å². The lowest BCUT2D eigenvalue weighted by Crippen LogP contribution is -2.50. The van der Waals surface area contributed by atoms with E-state index in [0.29, 0.717) is 16.7 Å². The first-order valence-electron chi connectivity index (χ1n) is 22.0. The molecule has 3 saturated carbocycles. The molecule has 3 fully saturated rings. The maximum absolute atomic E-state index is 10.6. The number of allylic oxidation sites excluding steroid dienone is 2. The van der Waals surface area contributed by atoms with Crippen LogP contribution in [0.3, 0.4) is 0 Å². The number of fused-ring (bicyclic) bond motifs is 5. The molecule has 3 nitrogen and oxygen atoms in total. The van der Waals surface area contributed by atoms with Gasteiger partial charge in [0.25, 0.3) is 0 Å². The van der Waals surface area contributed by atoms with Crippen molar-refractivity contribution in [2.75, 3.05) is 6.54 Å². The van der Waals surface area contributed by atoms with Crippen LogP contribution in [0.5, 0.6) is 0 Å². The fourth-order valence-electron chi connectivity index (χ4n) is 11.5. The Balaban J connectivity index is 0.000000298. The Hall–Kier alpha value is -0.890. The van der Waals surface area contributed by atoms with Gasteiger partial charge in [0, 0.05) is 6.08 Å². The van der Waals surface area contributed by atoms with E-state index in [-0.39, 0.29) is 6.10 Å². The summed E-state index contributed by atoms with van der Waals surface area (Å²) in [5.74, 6) is 6.59. The molecule has 9 atom stereocenters. The minimum Gasteiger partial charge on any atom is -0.393 e. The summed E-state index contributed by atoms with van der Waals surface area (Å²) in [6, 6.07) is 0. The molecule has 0 saturated heterocycles. The van der Waals surface area contributed by atoms with Crippen LogP contribution >= 0.6 is 0 Å². The topological polar surface area (TPSA) is 63.3 Å². The van der Waals surface area contributed by atoms with Gasteiger partial charge in [-0.05, 0) is 117 Å². The predicted octanol–water partition coefficient (Wildman–Crippen LogP) is 13.0. The van der Waals surface area contributed by atoms with E-state index in [1.54, 1.807) is 11.6 Å². The number of hydrogen-bond donors (Lipinski definition) is 2. The number of aliphatic hydroxyl groups is 1. The number of unbranched alkanes of at least 4 members (excludes halogenated alkanes) is 15. The smallest absolute Gasteiger partial charge is 0.120 e. The van der Waals surface area contributed by atoms with Crippen molar-refractivity contribution in [3.8, 4) is 0 Å². The molecule has 4 aliphatic carbocycles. The van der Waals surface area contributed by atoms with Crippen molar-refractivity contribution >= 4 is 5.94 Å². The van der Waals surface area contributed by atoms with E-state index in [1.807, 2.05) is 5.94 Å². The lowest BCUT2D eigenvalue weighted by molar-refractivity contribution is -0.0572. The summed E-state index contributed by atoms with van der Waals surface area (Å²) in [6.45, 7) is 13.0. The lowest BCUT2D eigenvalue weighted by atomic mass is 9.47. The zero-order valence-electron chi connectivity index (χ0n) is 33.4. The Kier molecular flexibility index (Phi) is 19.9. The minimum absolute atomic E-state index is 0.101. The number of hydrogen-bond acceptors (Lipinski definition) is 3. The second-order valence-electron chi connectivity index (χ2n) is 18.1. The van der Waals surface area contributed by atoms with E-state index in [2.05, 4.69) is 40.7 Å². The molecule has 0 spiro atoms. The first-order chi connectivity index (χ1) is 23.7. The maximum atomic E-state index is 10.6. The molecule has 4 rings (SSSR count). The highest BCUT2D eigenvalue weighted by Crippen LogP contribution is 2.67. The molecule has 4 aliphatic rings. The summed E-state index contributed by atoms with van der Waals surface area (Å²) >= 11 is 0. The molecule has 0 aromatic rings. The first-order valence-corrected chi connectivity index (χ1v) is 22.0. The molecule has 49 heavy (non-hydrogen) atoms. The van der Waals surface area contributed by atoms with Gasteiger partial charge in [-0.15, -0.1) is 0 Å². The summed E-state index contributed by atoms with van der Waals surface area (Å²) in [6.07, 6.45) is 40.7. The fraction of sp³-hybridized carbons (Fsp3) is 0.913. The average Bonchev–Trinajstić information content (AvgIpc) is 3.44. The fourth-order valence-corrected chi connectivity index (χ4v) is 11.5. The Labute approximate surface area is 305 Å². The Morgan fingerprint density at radius 3 is 1.96 bits per heavy atom. The Bertz CT molecular complexity index is 952. The van der Waals surface area contributed by atoms with E-state index >= 15 is 0 Å². The molecule has 0 aliphatic heterocycles. The molecule has 0 radical (unpaired) electrons. The summed E-state index contributed by atoms with van der Waals surface area (Å²) in [5, 5.41) is 10.2. The number of carbonyl (C=O) groups excluding carboxylic acids is 1. The highest BCUT2D eigenvalue weighted by atomic mass is 16.3. The third kappa shape index (κ3) is 12.9. The van der Waals surface area contributed by atoms with Crippen molar-refractivity contribution in [2.45, 2.75) is 214 Å². The van der Waals surface area contributed by atoms with E-state index < -0.39 is 0 Å². The van der Waals surface area contributed by atoms with Crippen molar-refractivity contribution in [3.63, 3.8) is 0 Å². The number of rotatable bonds is 22. The quantitative estimate of drug-likeness (QED) is 0.0679. The molecule has 0 bridgehead atoms. The van der Waals surface area contributed by atoms with Crippen LogP contribution in [0.1, 0.15) is 208 Å². The maximum Gasteiger partial charge on any atom is 0.120 e. The monoisotopic (exact) mass is 682 g/mol. The molecule has 0 aromatic heterocycles. The van der Waals surface area contributed by atoms with Gasteiger partial charge < -0.3 is 10.8 Å². The van der Waals surface area contributed by atoms with Gasteiger partial charge in [0.1, 0.15) is 5.94 Å². The zero-order chi connectivity index (χ0) is 35.5. The third-order valence-corrected chi connectivity index (χ3v) is 14.6. The lowest BCUT2D eigenvalue weighted by Gasteiger charge is -2.58. The van der Waals surface area contributed by atoms with Crippen molar-refractivity contribution < 1.29 is 9.90 Å². The van der Waals surface area contributed by atoms with Crippen molar-refractivity contribution in [1.82, 2.24) is 0 Å². The summed E-state index contributed by atoms with van der Waals surface area (Å²) in [7, 11) is 0. The molecule has 0 amide bonds. The highest BCUT2D eigenvalue weighted by Gasteiger charge is 2.59. The van der Waals surface area contributed by atoms with Gasteiger partial charge in [0.2, 0.25) is 0 Å². The second kappa shape index (κ2) is 22.9. The standard InChI is InChI=1S/C28H44O2.C18H39N/c1-19(14-17-29)6-5-7-20(2)24-10-11-25-23-9-8-21-18-22(30)12-15-27(21,3)26(23)13-16-28(24,25)4;1-2-3-4-5-6-7-8-9-10-11-12-13-14-15-16-17-18-19/h8,14,19-20,22-26,30H,5-7,9-13,15-16,18H2,1-4H3;2-19H2,1H3/t19?,20?,22-,23-,24+,25-,26-,27-,28+;/m0./s1. The number of nitrogens with two attached hydrogens (primary N) is 1. The zero-order valence-corrected chi connectivity index (χ0v) is 33.4. The first kappa shape index (κ1) is 42.5. The number of aliphatic hydroxyl groups excluding tert-OH is 1. The molecule has 0 aromatic carbocycles. The largest absolute Gasteiger partial charge is 0.393 e. The molecule has 3 N–H and O–H groups in total. The van der Waals surface area contributed by atoms with Crippen LogP contribution in [-0.2, 0) is 4.79 Å².